The molecule has 0 amide bonds. The van der Waals surface area contributed by atoms with E-state index in [4.69, 9.17) is 0 Å². The SMILES string of the molecule is c1ccc(P(CCP(CCP(CCP(c2ccccc2)c2ccccc2)c2ccccc2)c2ccccc2)CCP(CCP(c2ccccc2)c2ccccc2)c2ccccc2)cc1. The Morgan fingerprint density at radius 3 is 0.469 bits per heavy atom. The lowest BCUT2D eigenvalue weighted by Crippen LogP contribution is -2.19. The second-order valence-electron chi connectivity index (χ2n) is 15.9. The van der Waals surface area contributed by atoms with Crippen LogP contribution in [0.2, 0.25) is 0 Å². The van der Waals surface area contributed by atoms with Crippen molar-refractivity contribution < 1.29 is 0 Å². The van der Waals surface area contributed by atoms with Gasteiger partial charge in [-0.1, -0.05) is 274 Å². The summed E-state index contributed by atoms with van der Waals surface area (Å²) in [5.41, 5.74) is 0. The molecule has 0 heterocycles. The van der Waals surface area contributed by atoms with Gasteiger partial charge in [-0.25, -0.2) is 0 Å². The van der Waals surface area contributed by atoms with Crippen molar-refractivity contribution in [1.29, 1.82) is 0 Å². The summed E-state index contributed by atoms with van der Waals surface area (Å²) >= 11 is 0. The van der Waals surface area contributed by atoms with E-state index >= 15 is 0 Å². The molecule has 0 saturated carbocycles. The molecule has 0 nitrogen and oxygen atoms in total. The van der Waals surface area contributed by atoms with Crippen molar-refractivity contribution in [2.75, 3.05) is 61.6 Å². The Morgan fingerprint density at radius 2 is 0.297 bits per heavy atom. The molecule has 0 N–H and O–H groups in total. The van der Waals surface area contributed by atoms with Crippen molar-refractivity contribution in [3.05, 3.63) is 243 Å². The number of rotatable bonds is 23. The van der Waals surface area contributed by atoms with E-state index in [9.17, 15) is 0 Å². The molecule has 0 fully saturated rings. The van der Waals surface area contributed by atoms with Crippen LogP contribution in [0.5, 0.6) is 0 Å². The average molecular weight is 943 g/mol. The van der Waals surface area contributed by atoms with Crippen molar-refractivity contribution in [3.8, 4) is 0 Å². The molecule has 8 aromatic rings. The predicted molar refractivity (Wildman–Crippen MR) is 299 cm³/mol. The zero-order valence-electron chi connectivity index (χ0n) is 36.8. The van der Waals surface area contributed by atoms with E-state index in [1.165, 1.54) is 82.8 Å². The summed E-state index contributed by atoms with van der Waals surface area (Å²) in [7, 11) is -2.05. The lowest BCUT2D eigenvalue weighted by molar-refractivity contribution is 1.37. The Bertz CT molecular complexity index is 2200. The maximum atomic E-state index is 2.44. The molecule has 0 aromatic heterocycles. The number of benzene rings is 8. The van der Waals surface area contributed by atoms with E-state index in [0.717, 1.165) is 0 Å². The fourth-order valence-corrected chi connectivity index (χ4v) is 26.9. The highest BCUT2D eigenvalue weighted by molar-refractivity contribution is 7.76. The smallest absolute Gasteiger partial charge is 0.0195 e. The molecule has 0 aliphatic rings. The number of hydrogen-bond acceptors (Lipinski definition) is 0. The molecule has 6 heteroatoms. The first-order valence-electron chi connectivity index (χ1n) is 22.7. The quantitative estimate of drug-likeness (QED) is 0.0561. The van der Waals surface area contributed by atoms with Crippen LogP contribution in [-0.2, 0) is 0 Å². The van der Waals surface area contributed by atoms with Gasteiger partial charge < -0.3 is 0 Å². The van der Waals surface area contributed by atoms with Crippen LogP contribution in [0.15, 0.2) is 243 Å². The molecule has 0 aliphatic carbocycles. The molecule has 0 aliphatic heterocycles. The summed E-state index contributed by atoms with van der Waals surface area (Å²) in [4.78, 5) is 0. The first-order chi connectivity index (χ1) is 31.8. The summed E-state index contributed by atoms with van der Waals surface area (Å²) in [6.45, 7) is 0. The van der Waals surface area contributed by atoms with Gasteiger partial charge in [0.15, 0.2) is 0 Å². The van der Waals surface area contributed by atoms with Gasteiger partial charge in [0.2, 0.25) is 0 Å². The third kappa shape index (κ3) is 13.9. The summed E-state index contributed by atoms with van der Waals surface area (Å²) in [6.07, 6.45) is 12.8. The molecule has 0 spiro atoms. The Morgan fingerprint density at radius 1 is 0.156 bits per heavy atom. The van der Waals surface area contributed by atoms with Crippen LogP contribution in [0.25, 0.3) is 0 Å². The van der Waals surface area contributed by atoms with Gasteiger partial charge in [0.05, 0.1) is 0 Å². The fourth-order valence-electron chi connectivity index (χ4n) is 8.45. The van der Waals surface area contributed by atoms with Gasteiger partial charge in [0, 0.05) is 0 Å². The van der Waals surface area contributed by atoms with E-state index in [2.05, 4.69) is 243 Å². The molecule has 8 rings (SSSR count). The normalized spacial score (nSPS) is 13.3. The highest BCUT2D eigenvalue weighted by atomic mass is 31.1. The van der Waals surface area contributed by atoms with Gasteiger partial charge in [0.1, 0.15) is 0 Å². The standard InChI is InChI=1S/C58H60P6/c1-9-25-51(26-10-1)59(43-45-61(53-29-13-3-14-30-53)47-49-63(55-33-17-5-18-34-55)56-35-19-6-20-36-56)41-42-60(52-27-11-2-12-28-52)44-46-62(54-31-15-4-16-32-54)48-50-64(57-37-21-7-22-38-57)58-39-23-8-24-40-58/h1-40H,41-50H2. The lowest BCUT2D eigenvalue weighted by atomic mass is 10.4. The van der Waals surface area contributed by atoms with Crippen LogP contribution in [-0.4, -0.2) is 61.6 Å². The zero-order chi connectivity index (χ0) is 43.4. The Labute approximate surface area is 391 Å². The minimum atomic E-state index is -0.416. The second-order valence-corrected chi connectivity index (χ2v) is 30.6. The molecule has 0 radical (unpaired) electrons. The molecule has 64 heavy (non-hydrogen) atoms. The van der Waals surface area contributed by atoms with Gasteiger partial charge in [-0.3, -0.25) is 0 Å². The van der Waals surface area contributed by atoms with Crippen LogP contribution in [0, 0.1) is 0 Å². The van der Waals surface area contributed by atoms with Gasteiger partial charge in [-0.15, -0.1) is 0 Å². The highest BCUT2D eigenvalue weighted by Crippen LogP contribution is 2.49. The molecule has 4 unspecified atom stereocenters. The summed E-state index contributed by atoms with van der Waals surface area (Å²) in [6, 6.07) is 91.8. The van der Waals surface area contributed by atoms with Crippen LogP contribution in [0.3, 0.4) is 0 Å². The van der Waals surface area contributed by atoms with E-state index in [0.29, 0.717) is 0 Å². The predicted octanol–water partition coefficient (Wildman–Crippen LogP) is 12.5. The van der Waals surface area contributed by atoms with E-state index in [1.54, 1.807) is 21.2 Å². The Kier molecular flexibility index (Phi) is 18.9. The monoisotopic (exact) mass is 942 g/mol. The van der Waals surface area contributed by atoms with Crippen molar-refractivity contribution in [2.45, 2.75) is 0 Å². The molecule has 0 saturated heterocycles. The third-order valence-electron chi connectivity index (χ3n) is 11.9. The van der Waals surface area contributed by atoms with E-state index < -0.39 is 15.8 Å². The summed E-state index contributed by atoms with van der Waals surface area (Å²) < 4.78 is 0. The number of hydrogen-bond donors (Lipinski definition) is 0. The van der Waals surface area contributed by atoms with Gasteiger partial charge in [-0.2, -0.15) is 0 Å². The molecule has 8 aromatic carbocycles. The van der Waals surface area contributed by atoms with Crippen LogP contribution < -0.4 is 42.4 Å². The fraction of sp³-hybridized carbons (Fsp3) is 0.172. The summed E-state index contributed by atoms with van der Waals surface area (Å²) in [5.74, 6) is 0. The van der Waals surface area contributed by atoms with Gasteiger partial charge >= 0.3 is 0 Å². The van der Waals surface area contributed by atoms with Crippen molar-refractivity contribution in [1.82, 2.24) is 0 Å². The highest BCUT2D eigenvalue weighted by Gasteiger charge is 2.24. The minimum absolute atomic E-state index is 0.305. The Hall–Kier alpha value is -3.66. The summed E-state index contributed by atoms with van der Waals surface area (Å²) in [5, 5.41) is 12.3. The molecule has 4 atom stereocenters. The topological polar surface area (TPSA) is 0 Å². The molecule has 0 bridgehead atoms. The second kappa shape index (κ2) is 25.9. The van der Waals surface area contributed by atoms with Crippen LogP contribution in [0.1, 0.15) is 0 Å². The van der Waals surface area contributed by atoms with E-state index in [1.807, 2.05) is 0 Å². The van der Waals surface area contributed by atoms with Crippen molar-refractivity contribution in [2.24, 2.45) is 0 Å². The van der Waals surface area contributed by atoms with Crippen LogP contribution >= 0.6 is 47.5 Å². The third-order valence-corrected chi connectivity index (χ3v) is 28.9. The molecule has 322 valence electrons. The zero-order valence-corrected chi connectivity index (χ0v) is 42.2. The molecular formula is C58H60P6. The minimum Gasteiger partial charge on any atom is -0.0746 e. The van der Waals surface area contributed by atoms with Gasteiger partial charge in [-0.05, 0) is 120 Å². The average Bonchev–Trinajstić information content (AvgIpc) is 3.38. The van der Waals surface area contributed by atoms with Crippen molar-refractivity contribution >= 4 is 90.0 Å². The van der Waals surface area contributed by atoms with Crippen LogP contribution in [0.4, 0.5) is 0 Å². The first-order valence-corrected chi connectivity index (χ1v) is 32.6. The lowest BCUT2D eigenvalue weighted by Gasteiger charge is -2.28. The maximum Gasteiger partial charge on any atom is -0.0195 e. The van der Waals surface area contributed by atoms with Crippen molar-refractivity contribution in [3.63, 3.8) is 0 Å². The maximum absolute atomic E-state index is 2.44. The Balaban J connectivity index is 0.999. The van der Waals surface area contributed by atoms with Gasteiger partial charge in [0.25, 0.3) is 0 Å². The largest absolute Gasteiger partial charge is 0.0746 e. The first kappa shape index (κ1) is 46.9. The molecular weight excluding hydrogens is 882 g/mol. The van der Waals surface area contributed by atoms with E-state index in [-0.39, 0.29) is 31.7 Å².